The molecule has 0 fully saturated rings. The summed E-state index contributed by atoms with van der Waals surface area (Å²) in [5.41, 5.74) is 0. The Hall–Kier alpha value is -1.37. The molecule has 0 aliphatic rings. The number of carboxylic acid groups (broad SMARTS) is 1. The molecule has 112 valence electrons. The third kappa shape index (κ3) is 4.84. The zero-order valence-electron chi connectivity index (χ0n) is 11.3. The molecule has 1 atom stereocenters. The fraction of sp³-hybridized carbons (Fsp3) is 0.286. The van der Waals surface area contributed by atoms with Crippen LogP contribution in [0.1, 0.15) is 27.1 Å². The van der Waals surface area contributed by atoms with Crippen molar-refractivity contribution in [3.8, 4) is 0 Å². The average Bonchev–Trinajstić information content (AvgIpc) is 2.97. The Morgan fingerprint density at radius 1 is 1.29 bits per heavy atom. The number of hydrogen-bond donors (Lipinski definition) is 2. The zero-order chi connectivity index (χ0) is 15.4. The topological polar surface area (TPSA) is 66.4 Å². The van der Waals surface area contributed by atoms with Crippen LogP contribution in [0.25, 0.3) is 0 Å². The van der Waals surface area contributed by atoms with E-state index in [1.807, 2.05) is 19.1 Å². The van der Waals surface area contributed by atoms with Gasteiger partial charge < -0.3 is 10.4 Å². The van der Waals surface area contributed by atoms with E-state index < -0.39 is 12.0 Å². The molecule has 7 heteroatoms. The Bertz CT molecular complexity index is 650. The number of aryl methyl sites for hydroxylation is 1. The second-order valence-corrected chi connectivity index (χ2v) is 7.67. The lowest BCUT2D eigenvalue weighted by molar-refractivity contribution is -0.137. The molecule has 21 heavy (non-hydrogen) atoms. The van der Waals surface area contributed by atoms with Gasteiger partial charge in [-0.05, 0) is 31.2 Å². The van der Waals surface area contributed by atoms with Gasteiger partial charge in [-0.15, -0.1) is 22.7 Å². The average molecular weight is 344 g/mol. The van der Waals surface area contributed by atoms with E-state index in [-0.39, 0.29) is 18.7 Å². The molecular formula is C14H14ClNO3S2. The van der Waals surface area contributed by atoms with E-state index in [1.54, 1.807) is 23.5 Å². The number of thiophene rings is 2. The second kappa shape index (κ2) is 7.06. The predicted molar refractivity (Wildman–Crippen MR) is 85.2 cm³/mol. The lowest BCUT2D eigenvalue weighted by atomic mass is 10.1. The van der Waals surface area contributed by atoms with Crippen LogP contribution in [0.3, 0.4) is 0 Å². The minimum atomic E-state index is -0.961. The maximum atomic E-state index is 12.1. The molecule has 0 saturated carbocycles. The molecule has 0 aliphatic carbocycles. The summed E-state index contributed by atoms with van der Waals surface area (Å²) in [4.78, 5) is 25.9. The first-order valence-corrected chi connectivity index (χ1v) is 8.27. The van der Waals surface area contributed by atoms with Crippen molar-refractivity contribution in [1.29, 1.82) is 0 Å². The van der Waals surface area contributed by atoms with Gasteiger partial charge in [0.05, 0.1) is 23.2 Å². The van der Waals surface area contributed by atoms with Crippen LogP contribution in [0.2, 0.25) is 4.34 Å². The third-order valence-corrected chi connectivity index (χ3v) is 5.13. The van der Waals surface area contributed by atoms with Crippen molar-refractivity contribution in [1.82, 2.24) is 5.32 Å². The quantitative estimate of drug-likeness (QED) is 0.841. The Morgan fingerprint density at radius 3 is 2.57 bits per heavy atom. The summed E-state index contributed by atoms with van der Waals surface area (Å²) in [5, 5.41) is 11.8. The molecule has 4 nitrogen and oxygen atoms in total. The fourth-order valence-electron chi connectivity index (χ4n) is 1.90. The van der Waals surface area contributed by atoms with Crippen LogP contribution in [-0.4, -0.2) is 17.0 Å². The van der Waals surface area contributed by atoms with Gasteiger partial charge in [-0.25, -0.2) is 0 Å². The normalized spacial score (nSPS) is 12.1. The maximum Gasteiger partial charge on any atom is 0.305 e. The Kier molecular flexibility index (Phi) is 5.39. The van der Waals surface area contributed by atoms with Crippen molar-refractivity contribution in [3.63, 3.8) is 0 Å². The van der Waals surface area contributed by atoms with Crippen LogP contribution >= 0.6 is 34.3 Å². The Labute approximate surface area is 135 Å². The van der Waals surface area contributed by atoms with Gasteiger partial charge in [-0.3, -0.25) is 9.59 Å². The van der Waals surface area contributed by atoms with Crippen LogP contribution in [-0.2, 0) is 16.0 Å². The van der Waals surface area contributed by atoms with Gasteiger partial charge >= 0.3 is 5.97 Å². The number of nitrogens with one attached hydrogen (secondary N) is 1. The van der Waals surface area contributed by atoms with Gasteiger partial charge in [0.1, 0.15) is 0 Å². The second-order valence-electron chi connectivity index (χ2n) is 4.55. The van der Waals surface area contributed by atoms with Crippen LogP contribution in [0.5, 0.6) is 0 Å². The molecule has 0 aromatic carbocycles. The summed E-state index contributed by atoms with van der Waals surface area (Å²) in [5.74, 6) is -1.15. The number of carbonyl (C=O) groups is 2. The zero-order valence-corrected chi connectivity index (χ0v) is 13.6. The van der Waals surface area contributed by atoms with Crippen molar-refractivity contribution in [3.05, 3.63) is 43.2 Å². The molecule has 1 amide bonds. The highest BCUT2D eigenvalue weighted by molar-refractivity contribution is 7.16. The van der Waals surface area contributed by atoms with Gasteiger partial charge in [0.25, 0.3) is 0 Å². The van der Waals surface area contributed by atoms with Crippen molar-refractivity contribution < 1.29 is 14.7 Å². The van der Waals surface area contributed by atoms with E-state index >= 15 is 0 Å². The lowest BCUT2D eigenvalue weighted by Crippen LogP contribution is -2.30. The van der Waals surface area contributed by atoms with Gasteiger partial charge in [0.2, 0.25) is 5.91 Å². The molecule has 2 rings (SSSR count). The smallest absolute Gasteiger partial charge is 0.305 e. The summed E-state index contributed by atoms with van der Waals surface area (Å²) in [7, 11) is 0. The third-order valence-electron chi connectivity index (χ3n) is 2.78. The first-order valence-electron chi connectivity index (χ1n) is 6.25. The summed E-state index contributed by atoms with van der Waals surface area (Å²) < 4.78 is 0.573. The molecule has 2 N–H and O–H groups in total. The molecule has 2 aromatic heterocycles. The lowest BCUT2D eigenvalue weighted by Gasteiger charge is -2.15. The number of hydrogen-bond acceptors (Lipinski definition) is 4. The van der Waals surface area contributed by atoms with Crippen LogP contribution in [0, 0.1) is 6.92 Å². The first-order chi connectivity index (χ1) is 9.94. The Balaban J connectivity index is 2.04. The number of aliphatic carboxylic acids is 1. The van der Waals surface area contributed by atoms with E-state index in [2.05, 4.69) is 5.32 Å². The molecule has 0 aliphatic heterocycles. The predicted octanol–water partition coefficient (Wildman–Crippen LogP) is 3.65. The first kappa shape index (κ1) is 16.0. The SMILES string of the molecule is Cc1ccc(CC(=O)N[C@@H](CC(=O)O)c2ccc(Cl)s2)s1. The summed E-state index contributed by atoms with van der Waals surface area (Å²) in [6.07, 6.45) is 0.0970. The summed E-state index contributed by atoms with van der Waals surface area (Å²) >= 11 is 8.71. The number of amides is 1. The van der Waals surface area contributed by atoms with Crippen molar-refractivity contribution in [2.75, 3.05) is 0 Å². The highest BCUT2D eigenvalue weighted by Crippen LogP contribution is 2.29. The van der Waals surface area contributed by atoms with Gasteiger partial charge in [-0.1, -0.05) is 11.6 Å². The largest absolute Gasteiger partial charge is 0.481 e. The van der Waals surface area contributed by atoms with E-state index in [0.29, 0.717) is 4.34 Å². The Morgan fingerprint density at radius 2 is 2.05 bits per heavy atom. The molecule has 0 spiro atoms. The van der Waals surface area contributed by atoms with E-state index in [9.17, 15) is 9.59 Å². The molecule has 0 unspecified atom stereocenters. The maximum absolute atomic E-state index is 12.1. The van der Waals surface area contributed by atoms with E-state index in [1.165, 1.54) is 11.3 Å². The minimum absolute atomic E-state index is 0.161. The van der Waals surface area contributed by atoms with Crippen molar-refractivity contribution in [2.45, 2.75) is 25.8 Å². The fourth-order valence-corrected chi connectivity index (χ4v) is 3.90. The van der Waals surface area contributed by atoms with Crippen LogP contribution in [0.4, 0.5) is 0 Å². The summed E-state index contributed by atoms with van der Waals surface area (Å²) in [6.45, 7) is 1.98. The molecule has 2 heterocycles. The number of rotatable bonds is 6. The van der Waals surface area contributed by atoms with Crippen LogP contribution in [0.15, 0.2) is 24.3 Å². The molecular weight excluding hydrogens is 330 g/mol. The summed E-state index contributed by atoms with van der Waals surface area (Å²) in [6, 6.07) is 6.77. The van der Waals surface area contributed by atoms with Gasteiger partial charge in [0.15, 0.2) is 0 Å². The van der Waals surface area contributed by atoms with E-state index in [4.69, 9.17) is 16.7 Å². The molecule has 0 bridgehead atoms. The minimum Gasteiger partial charge on any atom is -0.481 e. The number of halogens is 1. The number of carboxylic acids is 1. The molecule has 0 radical (unpaired) electrons. The molecule has 2 aromatic rings. The highest BCUT2D eigenvalue weighted by atomic mass is 35.5. The standard InChI is InChI=1S/C14H14ClNO3S2/c1-8-2-3-9(20-8)6-13(17)16-10(7-14(18)19)11-4-5-12(15)21-11/h2-5,10H,6-7H2,1H3,(H,16,17)(H,18,19)/t10-/m0/s1. The van der Waals surface area contributed by atoms with Gasteiger partial charge in [0, 0.05) is 14.6 Å². The van der Waals surface area contributed by atoms with Crippen LogP contribution < -0.4 is 5.32 Å². The van der Waals surface area contributed by atoms with Gasteiger partial charge in [-0.2, -0.15) is 0 Å². The highest BCUT2D eigenvalue weighted by Gasteiger charge is 2.20. The monoisotopic (exact) mass is 343 g/mol. The van der Waals surface area contributed by atoms with Crippen molar-refractivity contribution in [2.24, 2.45) is 0 Å². The molecule has 0 saturated heterocycles. The van der Waals surface area contributed by atoms with E-state index in [0.717, 1.165) is 14.6 Å². The number of carbonyl (C=O) groups excluding carboxylic acids is 1. The van der Waals surface area contributed by atoms with Crippen molar-refractivity contribution >= 4 is 46.2 Å².